The van der Waals surface area contributed by atoms with Gasteiger partial charge in [0.1, 0.15) is 10.8 Å². The molecule has 1 N–H and O–H groups in total. The van der Waals surface area contributed by atoms with E-state index in [1.165, 1.54) is 12.1 Å². The second-order valence-electron chi connectivity index (χ2n) is 2.83. The number of halogens is 2. The molecule has 1 rings (SSSR count). The lowest BCUT2D eigenvalue weighted by molar-refractivity contribution is 0.0943. The van der Waals surface area contributed by atoms with Gasteiger partial charge < -0.3 is 5.32 Å². The fraction of sp³-hybridized carbons (Fsp3) is 0.200. The van der Waals surface area contributed by atoms with Crippen LogP contribution in [0.5, 0.6) is 0 Å². The molecule has 15 heavy (non-hydrogen) atoms. The quantitative estimate of drug-likeness (QED) is 0.638. The van der Waals surface area contributed by atoms with Gasteiger partial charge in [0, 0.05) is 0 Å². The molecule has 0 aliphatic rings. The number of nitrogens with one attached hydrogen (secondary N) is 1. The largest absolute Gasteiger partial charge is 0.337 e. The zero-order chi connectivity index (χ0) is 11.4. The van der Waals surface area contributed by atoms with Crippen molar-refractivity contribution in [2.75, 3.05) is 0 Å². The zero-order valence-corrected chi connectivity index (χ0v) is 9.43. The first kappa shape index (κ1) is 11.8. The second kappa shape index (κ2) is 5.01. The van der Waals surface area contributed by atoms with Crippen LogP contribution < -0.4 is 5.32 Å². The first-order chi connectivity index (χ1) is 7.04. The van der Waals surface area contributed by atoms with Gasteiger partial charge in [0.05, 0.1) is 11.1 Å². The highest BCUT2D eigenvalue weighted by atomic mass is 35.5. The Morgan fingerprint density at radius 2 is 2.27 bits per heavy atom. The molecule has 1 heterocycles. The van der Waals surface area contributed by atoms with E-state index in [-0.39, 0.29) is 21.9 Å². The molecule has 1 amide bonds. The van der Waals surface area contributed by atoms with E-state index in [0.29, 0.717) is 0 Å². The van der Waals surface area contributed by atoms with Crippen LogP contribution in [0.3, 0.4) is 0 Å². The molecule has 0 saturated heterocycles. The molecule has 1 atom stereocenters. The highest BCUT2D eigenvalue weighted by molar-refractivity contribution is 6.34. The van der Waals surface area contributed by atoms with E-state index in [4.69, 9.17) is 29.6 Å². The van der Waals surface area contributed by atoms with Gasteiger partial charge in [-0.3, -0.25) is 4.79 Å². The summed E-state index contributed by atoms with van der Waals surface area (Å²) in [5, 5.41) is 2.98. The van der Waals surface area contributed by atoms with E-state index in [0.717, 1.165) is 0 Å². The normalized spacial score (nSPS) is 11.6. The van der Waals surface area contributed by atoms with Crippen LogP contribution in [0.1, 0.15) is 17.4 Å². The summed E-state index contributed by atoms with van der Waals surface area (Å²) in [6.07, 6.45) is 5.12. The third-order valence-corrected chi connectivity index (χ3v) is 2.14. The summed E-state index contributed by atoms with van der Waals surface area (Å²) in [6.45, 7) is 1.68. The lowest BCUT2D eigenvalue weighted by Gasteiger charge is -2.08. The van der Waals surface area contributed by atoms with E-state index < -0.39 is 5.91 Å². The minimum atomic E-state index is -0.437. The Kier molecular flexibility index (Phi) is 3.96. The average Bonchev–Trinajstić information content (AvgIpc) is 2.21. The lowest BCUT2D eigenvalue weighted by atomic mass is 10.3. The first-order valence-electron chi connectivity index (χ1n) is 4.13. The Morgan fingerprint density at radius 1 is 1.60 bits per heavy atom. The third-order valence-electron chi connectivity index (χ3n) is 1.62. The SMILES string of the molecule is C#CC(C)NC(=O)c1nc(Cl)ccc1Cl. The van der Waals surface area contributed by atoms with Gasteiger partial charge in [0.2, 0.25) is 0 Å². The van der Waals surface area contributed by atoms with Gasteiger partial charge in [-0.1, -0.05) is 29.1 Å². The third kappa shape index (κ3) is 3.12. The van der Waals surface area contributed by atoms with Crippen LogP contribution in [0.2, 0.25) is 10.2 Å². The van der Waals surface area contributed by atoms with Crippen LogP contribution in [0.4, 0.5) is 0 Å². The molecule has 0 spiro atoms. The molecule has 0 aliphatic carbocycles. The molecule has 1 aromatic rings. The zero-order valence-electron chi connectivity index (χ0n) is 7.92. The summed E-state index contributed by atoms with van der Waals surface area (Å²) in [5.74, 6) is 1.93. The summed E-state index contributed by atoms with van der Waals surface area (Å²) in [6, 6.07) is 2.63. The summed E-state index contributed by atoms with van der Waals surface area (Å²) in [4.78, 5) is 15.4. The maximum Gasteiger partial charge on any atom is 0.272 e. The summed E-state index contributed by atoms with van der Waals surface area (Å²) >= 11 is 11.4. The Bertz CT molecular complexity index is 426. The van der Waals surface area contributed by atoms with Crippen molar-refractivity contribution < 1.29 is 4.79 Å². The van der Waals surface area contributed by atoms with E-state index in [1.54, 1.807) is 6.92 Å². The van der Waals surface area contributed by atoms with Gasteiger partial charge in [-0.05, 0) is 19.1 Å². The fourth-order valence-electron chi connectivity index (χ4n) is 0.884. The van der Waals surface area contributed by atoms with Gasteiger partial charge >= 0.3 is 0 Å². The number of carbonyl (C=O) groups is 1. The maximum absolute atomic E-state index is 11.6. The molecule has 0 radical (unpaired) electrons. The van der Waals surface area contributed by atoms with Crippen LogP contribution in [0.25, 0.3) is 0 Å². The number of hydrogen-bond donors (Lipinski definition) is 1. The highest BCUT2D eigenvalue weighted by Crippen LogP contribution is 2.16. The van der Waals surface area contributed by atoms with Crippen LogP contribution in [0.15, 0.2) is 12.1 Å². The molecule has 0 fully saturated rings. The van der Waals surface area contributed by atoms with Gasteiger partial charge in [-0.15, -0.1) is 6.42 Å². The number of nitrogens with zero attached hydrogens (tertiary/aromatic N) is 1. The molecular formula is C10H8Cl2N2O. The van der Waals surface area contributed by atoms with E-state index in [1.807, 2.05) is 0 Å². The Balaban J connectivity index is 2.92. The molecular weight excluding hydrogens is 235 g/mol. The maximum atomic E-state index is 11.6. The van der Waals surface area contributed by atoms with Crippen molar-refractivity contribution in [2.24, 2.45) is 0 Å². The molecule has 1 aromatic heterocycles. The lowest BCUT2D eigenvalue weighted by Crippen LogP contribution is -2.32. The van der Waals surface area contributed by atoms with Gasteiger partial charge in [-0.2, -0.15) is 0 Å². The molecule has 0 aliphatic heterocycles. The molecule has 0 bridgehead atoms. The van der Waals surface area contributed by atoms with Crippen molar-refractivity contribution in [3.05, 3.63) is 28.0 Å². The van der Waals surface area contributed by atoms with Crippen LogP contribution >= 0.6 is 23.2 Å². The number of aromatic nitrogens is 1. The predicted molar refractivity (Wildman–Crippen MR) is 60.0 cm³/mol. The summed E-state index contributed by atoms with van der Waals surface area (Å²) in [5.41, 5.74) is 0.0752. The minimum Gasteiger partial charge on any atom is -0.337 e. The smallest absolute Gasteiger partial charge is 0.272 e. The van der Waals surface area contributed by atoms with Crippen molar-refractivity contribution >= 4 is 29.1 Å². The molecule has 0 saturated carbocycles. The predicted octanol–water partition coefficient (Wildman–Crippen LogP) is 2.14. The van der Waals surface area contributed by atoms with Crippen molar-refractivity contribution in [2.45, 2.75) is 13.0 Å². The standard InChI is InChI=1S/C10H8Cl2N2O/c1-3-6(2)13-10(15)9-7(11)4-5-8(12)14-9/h1,4-6H,2H3,(H,13,15). The average molecular weight is 243 g/mol. The van der Waals surface area contributed by atoms with E-state index in [2.05, 4.69) is 16.2 Å². The number of hydrogen-bond acceptors (Lipinski definition) is 2. The molecule has 1 unspecified atom stereocenters. The number of amides is 1. The van der Waals surface area contributed by atoms with E-state index >= 15 is 0 Å². The minimum absolute atomic E-state index is 0.0752. The Labute approximate surface area is 97.8 Å². The second-order valence-corrected chi connectivity index (χ2v) is 3.62. The summed E-state index contributed by atoms with van der Waals surface area (Å²) in [7, 11) is 0. The Morgan fingerprint density at radius 3 is 2.87 bits per heavy atom. The van der Waals surface area contributed by atoms with Crippen LogP contribution in [-0.2, 0) is 0 Å². The number of carbonyl (C=O) groups excluding carboxylic acids is 1. The molecule has 78 valence electrons. The van der Waals surface area contributed by atoms with Crippen molar-refractivity contribution in [1.82, 2.24) is 10.3 Å². The molecule has 0 aromatic carbocycles. The topological polar surface area (TPSA) is 42.0 Å². The highest BCUT2D eigenvalue weighted by Gasteiger charge is 2.13. The van der Waals surface area contributed by atoms with Crippen molar-refractivity contribution in [3.8, 4) is 12.3 Å². The van der Waals surface area contributed by atoms with Crippen molar-refractivity contribution in [1.29, 1.82) is 0 Å². The monoisotopic (exact) mass is 242 g/mol. The fourth-order valence-corrected chi connectivity index (χ4v) is 1.22. The Hall–Kier alpha value is -1.24. The van der Waals surface area contributed by atoms with E-state index in [9.17, 15) is 4.79 Å². The van der Waals surface area contributed by atoms with Crippen LogP contribution in [0, 0.1) is 12.3 Å². The first-order valence-corrected chi connectivity index (χ1v) is 4.89. The number of pyridine rings is 1. The van der Waals surface area contributed by atoms with Crippen LogP contribution in [-0.4, -0.2) is 16.9 Å². The molecule has 3 nitrogen and oxygen atoms in total. The van der Waals surface area contributed by atoms with Gasteiger partial charge in [0.15, 0.2) is 0 Å². The molecule has 5 heteroatoms. The number of terminal acetylenes is 1. The van der Waals surface area contributed by atoms with Crippen molar-refractivity contribution in [3.63, 3.8) is 0 Å². The van der Waals surface area contributed by atoms with Gasteiger partial charge in [0.25, 0.3) is 5.91 Å². The van der Waals surface area contributed by atoms with Gasteiger partial charge in [-0.25, -0.2) is 4.98 Å². The summed E-state index contributed by atoms with van der Waals surface area (Å²) < 4.78 is 0. The number of rotatable bonds is 2.